The molecule has 0 saturated heterocycles. The zero-order chi connectivity index (χ0) is 13.6. The molecule has 0 saturated carbocycles. The SMILES string of the molecule is CCCCC=CCC(=O)OC(C)C=CCCCC. The number of ether oxygens (including phenoxy) is 1. The quantitative estimate of drug-likeness (QED) is 0.317. The Morgan fingerprint density at radius 1 is 1.06 bits per heavy atom. The van der Waals surface area contributed by atoms with Gasteiger partial charge in [-0.15, -0.1) is 0 Å². The van der Waals surface area contributed by atoms with Crippen LogP contribution in [0.1, 0.15) is 65.7 Å². The van der Waals surface area contributed by atoms with Gasteiger partial charge < -0.3 is 4.74 Å². The van der Waals surface area contributed by atoms with Crippen LogP contribution in [0.15, 0.2) is 24.3 Å². The average molecular weight is 252 g/mol. The highest BCUT2D eigenvalue weighted by Gasteiger charge is 2.03. The maximum absolute atomic E-state index is 11.5. The minimum Gasteiger partial charge on any atom is -0.458 e. The number of hydrogen-bond donors (Lipinski definition) is 0. The molecule has 0 aromatic carbocycles. The van der Waals surface area contributed by atoms with Crippen molar-refractivity contribution in [2.75, 3.05) is 0 Å². The molecule has 0 aliphatic rings. The zero-order valence-corrected chi connectivity index (χ0v) is 12.2. The summed E-state index contributed by atoms with van der Waals surface area (Å²) in [5.74, 6) is -0.143. The summed E-state index contributed by atoms with van der Waals surface area (Å²) in [7, 11) is 0. The monoisotopic (exact) mass is 252 g/mol. The number of esters is 1. The smallest absolute Gasteiger partial charge is 0.310 e. The molecule has 0 amide bonds. The van der Waals surface area contributed by atoms with Gasteiger partial charge in [0.05, 0.1) is 6.42 Å². The standard InChI is InChI=1S/C16H28O2/c1-4-6-8-10-12-14-16(17)18-15(3)13-11-9-7-5-2/h10-13,15H,4-9,14H2,1-3H3. The predicted octanol–water partition coefficient (Wildman–Crippen LogP) is 4.80. The molecule has 0 radical (unpaired) electrons. The second-order valence-corrected chi connectivity index (χ2v) is 4.58. The first-order valence-corrected chi connectivity index (χ1v) is 7.21. The summed E-state index contributed by atoms with van der Waals surface area (Å²) in [6, 6.07) is 0. The van der Waals surface area contributed by atoms with E-state index in [0.717, 1.165) is 12.8 Å². The number of hydrogen-bond acceptors (Lipinski definition) is 2. The summed E-state index contributed by atoms with van der Waals surface area (Å²) in [4.78, 5) is 11.5. The van der Waals surface area contributed by atoms with E-state index in [1.807, 2.05) is 19.1 Å². The second kappa shape index (κ2) is 12.4. The third kappa shape index (κ3) is 11.4. The van der Waals surface area contributed by atoms with Crippen molar-refractivity contribution in [3.63, 3.8) is 0 Å². The molecule has 0 heterocycles. The molecule has 0 aliphatic heterocycles. The lowest BCUT2D eigenvalue weighted by Crippen LogP contribution is -2.11. The number of allylic oxidation sites excluding steroid dienone is 2. The largest absolute Gasteiger partial charge is 0.458 e. The van der Waals surface area contributed by atoms with Crippen molar-refractivity contribution in [3.8, 4) is 0 Å². The number of unbranched alkanes of at least 4 members (excludes halogenated alkanes) is 4. The van der Waals surface area contributed by atoms with Crippen molar-refractivity contribution in [3.05, 3.63) is 24.3 Å². The van der Waals surface area contributed by atoms with E-state index in [9.17, 15) is 4.79 Å². The lowest BCUT2D eigenvalue weighted by Gasteiger charge is -2.07. The first-order chi connectivity index (χ1) is 8.70. The molecule has 0 rings (SSSR count). The maximum Gasteiger partial charge on any atom is 0.310 e. The Kier molecular flexibility index (Phi) is 11.7. The topological polar surface area (TPSA) is 26.3 Å². The van der Waals surface area contributed by atoms with Gasteiger partial charge in [0.1, 0.15) is 6.10 Å². The molecule has 0 aromatic rings. The summed E-state index contributed by atoms with van der Waals surface area (Å²) in [5, 5.41) is 0. The number of rotatable bonds is 10. The maximum atomic E-state index is 11.5. The van der Waals surface area contributed by atoms with E-state index in [1.54, 1.807) is 0 Å². The van der Waals surface area contributed by atoms with Crippen molar-refractivity contribution in [1.29, 1.82) is 0 Å². The van der Waals surface area contributed by atoms with Crippen LogP contribution in [0.2, 0.25) is 0 Å². The van der Waals surface area contributed by atoms with Crippen LogP contribution >= 0.6 is 0 Å². The van der Waals surface area contributed by atoms with Gasteiger partial charge in [0.15, 0.2) is 0 Å². The highest BCUT2D eigenvalue weighted by molar-refractivity contribution is 5.71. The van der Waals surface area contributed by atoms with Crippen LogP contribution in [0.25, 0.3) is 0 Å². The van der Waals surface area contributed by atoms with E-state index in [-0.39, 0.29) is 12.1 Å². The Bertz CT molecular complexity index is 254. The van der Waals surface area contributed by atoms with Crippen LogP contribution in [0, 0.1) is 0 Å². The van der Waals surface area contributed by atoms with E-state index < -0.39 is 0 Å². The summed E-state index contributed by atoms with van der Waals surface area (Å²) >= 11 is 0. The number of carbonyl (C=O) groups is 1. The minimum atomic E-state index is -0.143. The first-order valence-electron chi connectivity index (χ1n) is 7.21. The molecule has 1 atom stereocenters. The lowest BCUT2D eigenvalue weighted by molar-refractivity contribution is -0.145. The fourth-order valence-electron chi connectivity index (χ4n) is 1.52. The fraction of sp³-hybridized carbons (Fsp3) is 0.688. The van der Waals surface area contributed by atoms with Crippen molar-refractivity contribution in [1.82, 2.24) is 0 Å². The van der Waals surface area contributed by atoms with Gasteiger partial charge in [-0.25, -0.2) is 0 Å². The normalized spacial score (nSPS) is 13.3. The van der Waals surface area contributed by atoms with Crippen molar-refractivity contribution >= 4 is 5.97 Å². The van der Waals surface area contributed by atoms with Gasteiger partial charge in [0, 0.05) is 0 Å². The van der Waals surface area contributed by atoms with Crippen molar-refractivity contribution in [2.45, 2.75) is 71.8 Å². The van der Waals surface area contributed by atoms with Crippen molar-refractivity contribution < 1.29 is 9.53 Å². The summed E-state index contributed by atoms with van der Waals surface area (Å²) in [6.07, 6.45) is 15.2. The van der Waals surface area contributed by atoms with Gasteiger partial charge in [-0.2, -0.15) is 0 Å². The second-order valence-electron chi connectivity index (χ2n) is 4.58. The molecular formula is C16H28O2. The molecular weight excluding hydrogens is 224 g/mol. The van der Waals surface area contributed by atoms with Crippen molar-refractivity contribution in [2.24, 2.45) is 0 Å². The van der Waals surface area contributed by atoms with Gasteiger partial charge >= 0.3 is 5.97 Å². The molecule has 1 unspecified atom stereocenters. The van der Waals surface area contributed by atoms with Crippen LogP contribution in [-0.2, 0) is 9.53 Å². The minimum absolute atomic E-state index is 0.113. The Labute approximate surface area is 112 Å². The van der Waals surface area contributed by atoms with E-state index in [4.69, 9.17) is 4.74 Å². The van der Waals surface area contributed by atoms with Crippen LogP contribution in [0.5, 0.6) is 0 Å². The van der Waals surface area contributed by atoms with E-state index in [0.29, 0.717) is 6.42 Å². The molecule has 2 nitrogen and oxygen atoms in total. The summed E-state index contributed by atoms with van der Waals surface area (Å²) < 4.78 is 5.26. The molecule has 0 fully saturated rings. The summed E-state index contributed by atoms with van der Waals surface area (Å²) in [6.45, 7) is 6.23. The number of carbonyl (C=O) groups excluding carboxylic acids is 1. The predicted molar refractivity (Wildman–Crippen MR) is 77.5 cm³/mol. The van der Waals surface area contributed by atoms with Crippen LogP contribution in [0.3, 0.4) is 0 Å². The van der Waals surface area contributed by atoms with Crippen LogP contribution in [-0.4, -0.2) is 12.1 Å². The molecule has 18 heavy (non-hydrogen) atoms. The third-order valence-corrected chi connectivity index (χ3v) is 2.62. The lowest BCUT2D eigenvalue weighted by atomic mass is 10.2. The fourth-order valence-corrected chi connectivity index (χ4v) is 1.52. The highest BCUT2D eigenvalue weighted by atomic mass is 16.5. The van der Waals surface area contributed by atoms with E-state index >= 15 is 0 Å². The zero-order valence-electron chi connectivity index (χ0n) is 12.2. The van der Waals surface area contributed by atoms with Gasteiger partial charge in [-0.1, -0.05) is 57.8 Å². The van der Waals surface area contributed by atoms with Gasteiger partial charge in [-0.05, 0) is 25.8 Å². The Morgan fingerprint density at radius 2 is 1.67 bits per heavy atom. The third-order valence-electron chi connectivity index (χ3n) is 2.62. The first kappa shape index (κ1) is 16.9. The van der Waals surface area contributed by atoms with Gasteiger partial charge in [-0.3, -0.25) is 4.79 Å². The Hall–Kier alpha value is -1.05. The van der Waals surface area contributed by atoms with E-state index in [1.165, 1.54) is 25.7 Å². The molecule has 0 aromatic heterocycles. The molecule has 0 aliphatic carbocycles. The molecule has 104 valence electrons. The Morgan fingerprint density at radius 3 is 2.28 bits per heavy atom. The molecule has 0 bridgehead atoms. The summed E-state index contributed by atoms with van der Waals surface area (Å²) in [5.41, 5.74) is 0. The van der Waals surface area contributed by atoms with Crippen LogP contribution < -0.4 is 0 Å². The highest BCUT2D eigenvalue weighted by Crippen LogP contribution is 2.02. The average Bonchev–Trinajstić information content (AvgIpc) is 2.34. The Balaban J connectivity index is 3.66. The van der Waals surface area contributed by atoms with Gasteiger partial charge in [0.2, 0.25) is 0 Å². The van der Waals surface area contributed by atoms with E-state index in [2.05, 4.69) is 26.0 Å². The molecule has 0 spiro atoms. The molecule has 0 N–H and O–H groups in total. The molecule has 2 heteroatoms. The van der Waals surface area contributed by atoms with Gasteiger partial charge in [0.25, 0.3) is 0 Å². The van der Waals surface area contributed by atoms with Crippen LogP contribution in [0.4, 0.5) is 0 Å².